The smallest absolute Gasteiger partial charge is 0.384 e. The Bertz CT molecular complexity index is 1630. The molecule has 39 heavy (non-hydrogen) atoms. The number of fused-ring (bicyclic) bond motifs is 1. The summed E-state index contributed by atoms with van der Waals surface area (Å²) < 4.78 is 39.0. The molecular weight excluding hydrogens is 531 g/mol. The number of amides is 1. The first kappa shape index (κ1) is 26.0. The minimum absolute atomic E-state index is 0.0135. The standard InChI is InChI=1S/C27H21ClF3N7O/c28-19-5-7-20(8-6-19)36-26(39)22-9-16(11-27(29,30)31)13-34-24(22)33-12-15-1-3-17(4-2-15)18-10-21-23(32)37-38-25(21)35-14-18/h1-10,13-14H,11-12H2,(H,33,34)(H,36,39)(H3,32,35,37,38). The van der Waals surface area contributed by atoms with E-state index >= 15 is 0 Å². The Balaban J connectivity index is 1.34. The zero-order valence-electron chi connectivity index (χ0n) is 20.2. The van der Waals surface area contributed by atoms with E-state index in [0.717, 1.165) is 28.3 Å². The van der Waals surface area contributed by atoms with Crippen LogP contribution in [0.2, 0.25) is 5.02 Å². The maximum Gasteiger partial charge on any atom is 0.393 e. The molecule has 0 saturated carbocycles. The van der Waals surface area contributed by atoms with Gasteiger partial charge in [-0.05, 0) is 53.1 Å². The van der Waals surface area contributed by atoms with Crippen LogP contribution in [0.3, 0.4) is 0 Å². The van der Waals surface area contributed by atoms with Crippen molar-refractivity contribution in [3.8, 4) is 11.1 Å². The molecule has 0 bridgehead atoms. The van der Waals surface area contributed by atoms with Crippen molar-refractivity contribution in [3.05, 3.63) is 94.8 Å². The highest BCUT2D eigenvalue weighted by Gasteiger charge is 2.28. The number of nitrogen functional groups attached to an aromatic ring is 1. The lowest BCUT2D eigenvalue weighted by molar-refractivity contribution is -0.127. The van der Waals surface area contributed by atoms with Crippen molar-refractivity contribution in [2.24, 2.45) is 0 Å². The lowest BCUT2D eigenvalue weighted by Crippen LogP contribution is -2.18. The molecule has 1 amide bonds. The number of halogens is 4. The number of rotatable bonds is 7. The van der Waals surface area contributed by atoms with Crippen molar-refractivity contribution >= 4 is 45.9 Å². The van der Waals surface area contributed by atoms with Crippen LogP contribution in [0.1, 0.15) is 21.5 Å². The number of aromatic amines is 1. The SMILES string of the molecule is Nc1[nH]nc2ncc(-c3ccc(CNc4ncc(CC(F)(F)F)cc4C(=O)Nc4ccc(Cl)cc4)cc3)cc12. The number of nitrogens with zero attached hydrogens (tertiary/aromatic N) is 3. The monoisotopic (exact) mass is 551 g/mol. The highest BCUT2D eigenvalue weighted by molar-refractivity contribution is 6.30. The minimum atomic E-state index is -4.44. The molecule has 0 fully saturated rings. The molecule has 0 spiro atoms. The van der Waals surface area contributed by atoms with E-state index in [1.54, 1.807) is 30.5 Å². The Morgan fingerprint density at radius 3 is 2.41 bits per heavy atom. The first-order chi connectivity index (χ1) is 18.6. The van der Waals surface area contributed by atoms with Gasteiger partial charge >= 0.3 is 6.18 Å². The van der Waals surface area contributed by atoms with E-state index in [-0.39, 0.29) is 23.5 Å². The number of hydrogen-bond acceptors (Lipinski definition) is 6. The molecule has 8 nitrogen and oxygen atoms in total. The van der Waals surface area contributed by atoms with Crippen LogP contribution in [0.25, 0.3) is 22.2 Å². The van der Waals surface area contributed by atoms with Gasteiger partial charge in [0.1, 0.15) is 11.6 Å². The summed E-state index contributed by atoms with van der Waals surface area (Å²) in [6.07, 6.45) is -2.82. The Labute approximate surface area is 225 Å². The second-order valence-electron chi connectivity index (χ2n) is 8.78. The number of nitrogens with two attached hydrogens (primary N) is 1. The number of benzene rings is 2. The van der Waals surface area contributed by atoms with E-state index in [1.165, 1.54) is 6.07 Å². The van der Waals surface area contributed by atoms with Crippen LogP contribution in [0.5, 0.6) is 0 Å². The maximum absolute atomic E-state index is 13.0. The number of carbonyl (C=O) groups excluding carboxylic acids is 1. The molecule has 0 aliphatic carbocycles. The fraction of sp³-hybridized carbons (Fsp3) is 0.111. The van der Waals surface area contributed by atoms with E-state index < -0.39 is 18.5 Å². The summed E-state index contributed by atoms with van der Waals surface area (Å²) in [4.78, 5) is 21.5. The van der Waals surface area contributed by atoms with Gasteiger partial charge in [0.2, 0.25) is 0 Å². The molecule has 5 rings (SSSR count). The van der Waals surface area contributed by atoms with Crippen LogP contribution in [0.4, 0.5) is 30.5 Å². The van der Waals surface area contributed by atoms with Crippen molar-refractivity contribution in [2.75, 3.05) is 16.4 Å². The van der Waals surface area contributed by atoms with Gasteiger partial charge in [-0.15, -0.1) is 0 Å². The summed E-state index contributed by atoms with van der Waals surface area (Å²) >= 11 is 5.89. The van der Waals surface area contributed by atoms with Gasteiger partial charge in [0.15, 0.2) is 5.65 Å². The fourth-order valence-corrected chi connectivity index (χ4v) is 4.08. The quantitative estimate of drug-likeness (QED) is 0.190. The normalized spacial score (nSPS) is 11.5. The zero-order chi connectivity index (χ0) is 27.6. The van der Waals surface area contributed by atoms with Gasteiger partial charge in [-0.3, -0.25) is 9.89 Å². The summed E-state index contributed by atoms with van der Waals surface area (Å²) in [5, 5.41) is 13.7. The molecule has 0 saturated heterocycles. The lowest BCUT2D eigenvalue weighted by atomic mass is 10.0. The van der Waals surface area contributed by atoms with Gasteiger partial charge in [0.25, 0.3) is 5.91 Å². The summed E-state index contributed by atoms with van der Waals surface area (Å²) in [6, 6.07) is 17.1. The molecule has 198 valence electrons. The van der Waals surface area contributed by atoms with Crippen LogP contribution in [0.15, 0.2) is 73.1 Å². The number of H-pyrrole nitrogens is 1. The summed E-state index contributed by atoms with van der Waals surface area (Å²) in [5.41, 5.74) is 9.37. The molecular formula is C27H21ClF3N7O. The molecule has 0 aliphatic heterocycles. The third-order valence-electron chi connectivity index (χ3n) is 5.88. The number of pyridine rings is 2. The summed E-state index contributed by atoms with van der Waals surface area (Å²) in [5.74, 6) is -0.0144. The van der Waals surface area contributed by atoms with Crippen molar-refractivity contribution in [1.82, 2.24) is 20.2 Å². The zero-order valence-corrected chi connectivity index (χ0v) is 20.9. The van der Waals surface area contributed by atoms with Crippen molar-refractivity contribution in [2.45, 2.75) is 19.1 Å². The van der Waals surface area contributed by atoms with Gasteiger partial charge < -0.3 is 16.4 Å². The molecule has 2 aromatic carbocycles. The molecule has 12 heteroatoms. The predicted molar refractivity (Wildman–Crippen MR) is 144 cm³/mol. The molecule has 3 aromatic heterocycles. The van der Waals surface area contributed by atoms with Gasteiger partial charge in [-0.2, -0.15) is 18.3 Å². The van der Waals surface area contributed by atoms with Crippen LogP contribution in [-0.4, -0.2) is 32.2 Å². The number of hydrogen-bond donors (Lipinski definition) is 4. The Morgan fingerprint density at radius 2 is 1.69 bits per heavy atom. The van der Waals surface area contributed by atoms with E-state index in [0.29, 0.717) is 22.2 Å². The highest BCUT2D eigenvalue weighted by Crippen LogP contribution is 2.27. The third kappa shape index (κ3) is 6.27. The summed E-state index contributed by atoms with van der Waals surface area (Å²) in [7, 11) is 0. The fourth-order valence-electron chi connectivity index (χ4n) is 3.96. The molecule has 3 heterocycles. The van der Waals surface area contributed by atoms with E-state index in [1.807, 2.05) is 30.3 Å². The minimum Gasteiger partial charge on any atom is -0.384 e. The Kier molecular flexibility index (Phi) is 7.07. The number of alkyl halides is 3. The molecule has 5 N–H and O–H groups in total. The predicted octanol–water partition coefficient (Wildman–Crippen LogP) is 6.22. The van der Waals surface area contributed by atoms with Crippen LogP contribution in [0, 0.1) is 0 Å². The van der Waals surface area contributed by atoms with Crippen molar-refractivity contribution in [1.29, 1.82) is 0 Å². The molecule has 0 atom stereocenters. The van der Waals surface area contributed by atoms with E-state index in [4.69, 9.17) is 17.3 Å². The van der Waals surface area contributed by atoms with Crippen LogP contribution < -0.4 is 16.4 Å². The largest absolute Gasteiger partial charge is 0.393 e. The Morgan fingerprint density at radius 1 is 0.949 bits per heavy atom. The first-order valence-corrected chi connectivity index (χ1v) is 12.1. The molecule has 0 radical (unpaired) electrons. The number of carbonyl (C=O) groups is 1. The highest BCUT2D eigenvalue weighted by atomic mass is 35.5. The second-order valence-corrected chi connectivity index (χ2v) is 9.21. The average Bonchev–Trinajstić information content (AvgIpc) is 3.28. The van der Waals surface area contributed by atoms with Gasteiger partial charge in [-0.25, -0.2) is 9.97 Å². The van der Waals surface area contributed by atoms with Crippen LogP contribution >= 0.6 is 11.6 Å². The second kappa shape index (κ2) is 10.6. The average molecular weight is 552 g/mol. The first-order valence-electron chi connectivity index (χ1n) is 11.7. The van der Waals surface area contributed by atoms with Gasteiger partial charge in [0.05, 0.1) is 17.4 Å². The number of nitrogens with one attached hydrogen (secondary N) is 3. The van der Waals surface area contributed by atoms with Crippen molar-refractivity contribution in [3.63, 3.8) is 0 Å². The molecule has 5 aromatic rings. The van der Waals surface area contributed by atoms with E-state index in [9.17, 15) is 18.0 Å². The third-order valence-corrected chi connectivity index (χ3v) is 6.13. The number of aromatic nitrogens is 4. The van der Waals surface area contributed by atoms with Crippen molar-refractivity contribution < 1.29 is 18.0 Å². The van der Waals surface area contributed by atoms with Gasteiger partial charge in [0, 0.05) is 35.2 Å². The summed E-state index contributed by atoms with van der Waals surface area (Å²) in [6.45, 7) is 0.277. The molecule has 0 aliphatic rings. The lowest BCUT2D eigenvalue weighted by Gasteiger charge is -2.14. The van der Waals surface area contributed by atoms with Crippen LogP contribution in [-0.2, 0) is 13.0 Å². The molecule has 0 unspecified atom stereocenters. The topological polar surface area (TPSA) is 122 Å². The Hall–Kier alpha value is -4.64. The van der Waals surface area contributed by atoms with Gasteiger partial charge in [-0.1, -0.05) is 35.9 Å². The number of anilines is 3. The maximum atomic E-state index is 13.0. The van der Waals surface area contributed by atoms with E-state index in [2.05, 4.69) is 30.8 Å².